The van der Waals surface area contributed by atoms with Crippen molar-refractivity contribution in [1.82, 2.24) is 30.1 Å². The first kappa shape index (κ1) is 18.9. The predicted octanol–water partition coefficient (Wildman–Crippen LogP) is 1.18. The molecule has 9 nitrogen and oxygen atoms in total. The summed E-state index contributed by atoms with van der Waals surface area (Å²) in [6, 6.07) is 0. The normalized spacial score (nSPS) is 16.3. The van der Waals surface area contributed by atoms with Crippen molar-refractivity contribution in [2.45, 2.75) is 33.7 Å². The van der Waals surface area contributed by atoms with Gasteiger partial charge in [-0.05, 0) is 5.92 Å². The van der Waals surface area contributed by atoms with Gasteiger partial charge in [0.15, 0.2) is 5.82 Å². The van der Waals surface area contributed by atoms with E-state index in [1.165, 1.54) is 11.3 Å². The fourth-order valence-corrected chi connectivity index (χ4v) is 3.78. The smallest absolute Gasteiger partial charge is 0.240 e. The molecule has 3 rings (SSSR count). The summed E-state index contributed by atoms with van der Waals surface area (Å²) < 4.78 is 5.00. The number of carbonyl (C=O) groups is 1. The number of rotatable bonds is 7. The second-order valence-corrected chi connectivity index (χ2v) is 7.99. The highest BCUT2D eigenvalue weighted by Crippen LogP contribution is 2.18. The van der Waals surface area contributed by atoms with E-state index < -0.39 is 0 Å². The molecule has 1 aliphatic rings. The second kappa shape index (κ2) is 8.65. The van der Waals surface area contributed by atoms with Crippen LogP contribution in [-0.2, 0) is 17.8 Å². The highest BCUT2D eigenvalue weighted by atomic mass is 32.1. The Morgan fingerprint density at radius 1 is 1.23 bits per heavy atom. The molecule has 142 valence electrons. The number of carbonyl (C=O) groups excluding carboxylic acids is 1. The van der Waals surface area contributed by atoms with Gasteiger partial charge in [0, 0.05) is 39.5 Å². The molecule has 0 aliphatic carbocycles. The average molecular weight is 379 g/mol. The van der Waals surface area contributed by atoms with Crippen LogP contribution in [0.3, 0.4) is 0 Å². The van der Waals surface area contributed by atoms with Crippen molar-refractivity contribution < 1.29 is 9.32 Å². The summed E-state index contributed by atoms with van der Waals surface area (Å²) in [5.74, 6) is 1.78. The van der Waals surface area contributed by atoms with Crippen LogP contribution in [0, 0.1) is 12.8 Å². The van der Waals surface area contributed by atoms with Gasteiger partial charge in [0.05, 0.1) is 13.1 Å². The SMILES string of the molecule is Cc1nc(CN2CCN(CC(=O)Nc3nnc(CC(C)C)s3)CC2)no1. The maximum Gasteiger partial charge on any atom is 0.240 e. The standard InChI is InChI=1S/C16H25N7O2S/c1-11(2)8-15-19-20-16(26-15)18-14(24)10-23-6-4-22(5-7-23)9-13-17-12(3)25-21-13/h11H,4-10H2,1-3H3,(H,18,20,24). The number of piperazine rings is 1. The van der Waals surface area contributed by atoms with Gasteiger partial charge in [0.1, 0.15) is 5.01 Å². The van der Waals surface area contributed by atoms with Gasteiger partial charge in [-0.3, -0.25) is 19.9 Å². The van der Waals surface area contributed by atoms with Gasteiger partial charge in [0.2, 0.25) is 16.9 Å². The molecule has 1 amide bonds. The van der Waals surface area contributed by atoms with Gasteiger partial charge in [-0.2, -0.15) is 4.98 Å². The first-order valence-corrected chi connectivity index (χ1v) is 9.65. The Balaban J connectivity index is 1.39. The lowest BCUT2D eigenvalue weighted by Crippen LogP contribution is -2.48. The zero-order chi connectivity index (χ0) is 18.5. The number of nitrogens with zero attached hydrogens (tertiary/aromatic N) is 6. The summed E-state index contributed by atoms with van der Waals surface area (Å²) in [6.45, 7) is 10.5. The van der Waals surface area contributed by atoms with E-state index in [1.807, 2.05) is 0 Å². The molecular weight excluding hydrogens is 354 g/mol. The molecule has 0 unspecified atom stereocenters. The van der Waals surface area contributed by atoms with E-state index in [-0.39, 0.29) is 5.91 Å². The van der Waals surface area contributed by atoms with Crippen molar-refractivity contribution >= 4 is 22.4 Å². The minimum atomic E-state index is -0.0421. The van der Waals surface area contributed by atoms with E-state index in [2.05, 4.69) is 49.3 Å². The summed E-state index contributed by atoms with van der Waals surface area (Å²) in [7, 11) is 0. The minimum absolute atomic E-state index is 0.0421. The third-order valence-corrected chi connectivity index (χ3v) is 4.92. The van der Waals surface area contributed by atoms with E-state index in [0.29, 0.717) is 35.9 Å². The maximum absolute atomic E-state index is 12.2. The van der Waals surface area contributed by atoms with Crippen LogP contribution in [0.25, 0.3) is 0 Å². The van der Waals surface area contributed by atoms with E-state index in [0.717, 1.165) is 37.6 Å². The molecule has 3 heterocycles. The van der Waals surface area contributed by atoms with Crippen molar-refractivity contribution in [3.63, 3.8) is 0 Å². The number of aryl methyl sites for hydroxylation is 1. The molecule has 10 heteroatoms. The molecule has 1 N–H and O–H groups in total. The van der Waals surface area contributed by atoms with Gasteiger partial charge in [-0.1, -0.05) is 30.3 Å². The maximum atomic E-state index is 12.2. The molecule has 0 aromatic carbocycles. The molecule has 1 fully saturated rings. The van der Waals surface area contributed by atoms with Gasteiger partial charge >= 0.3 is 0 Å². The first-order chi connectivity index (χ1) is 12.5. The molecule has 2 aromatic rings. The summed E-state index contributed by atoms with van der Waals surface area (Å²) in [5.41, 5.74) is 0. The van der Waals surface area contributed by atoms with Crippen LogP contribution in [0.15, 0.2) is 4.52 Å². The number of aromatic nitrogens is 4. The molecule has 26 heavy (non-hydrogen) atoms. The van der Waals surface area contributed by atoms with Crippen LogP contribution in [0.5, 0.6) is 0 Å². The lowest BCUT2D eigenvalue weighted by atomic mass is 10.1. The quantitative estimate of drug-likeness (QED) is 0.765. The third-order valence-electron chi connectivity index (χ3n) is 4.06. The van der Waals surface area contributed by atoms with Crippen LogP contribution in [0.2, 0.25) is 0 Å². The molecular formula is C16H25N7O2S. The van der Waals surface area contributed by atoms with Crippen LogP contribution < -0.4 is 5.32 Å². The number of anilines is 1. The van der Waals surface area contributed by atoms with Crippen molar-refractivity contribution in [3.05, 3.63) is 16.7 Å². The number of amides is 1. The molecule has 0 saturated carbocycles. The zero-order valence-electron chi connectivity index (χ0n) is 15.4. The Bertz CT molecular complexity index is 722. The molecule has 0 radical (unpaired) electrons. The molecule has 2 aromatic heterocycles. The highest BCUT2D eigenvalue weighted by molar-refractivity contribution is 7.15. The summed E-state index contributed by atoms with van der Waals surface area (Å²) in [4.78, 5) is 20.9. The number of nitrogens with one attached hydrogen (secondary N) is 1. The van der Waals surface area contributed by atoms with Gasteiger partial charge in [-0.15, -0.1) is 10.2 Å². The Labute approximate surface area is 156 Å². The van der Waals surface area contributed by atoms with E-state index in [4.69, 9.17) is 4.52 Å². The van der Waals surface area contributed by atoms with Crippen molar-refractivity contribution in [2.24, 2.45) is 5.92 Å². The summed E-state index contributed by atoms with van der Waals surface area (Å²) in [5, 5.41) is 16.5. The first-order valence-electron chi connectivity index (χ1n) is 8.84. The Morgan fingerprint density at radius 3 is 2.62 bits per heavy atom. The van der Waals surface area contributed by atoms with Crippen LogP contribution in [0.4, 0.5) is 5.13 Å². The minimum Gasteiger partial charge on any atom is -0.340 e. The van der Waals surface area contributed by atoms with E-state index in [1.54, 1.807) is 6.92 Å². The third kappa shape index (κ3) is 5.55. The fraction of sp³-hybridized carbons (Fsp3) is 0.688. The fourth-order valence-electron chi connectivity index (χ4n) is 2.81. The van der Waals surface area contributed by atoms with Gasteiger partial charge in [-0.25, -0.2) is 0 Å². The van der Waals surface area contributed by atoms with Crippen molar-refractivity contribution in [2.75, 3.05) is 38.0 Å². The molecule has 1 aliphatic heterocycles. The number of hydrogen-bond donors (Lipinski definition) is 1. The molecule has 0 atom stereocenters. The zero-order valence-corrected chi connectivity index (χ0v) is 16.3. The average Bonchev–Trinajstić information content (AvgIpc) is 3.17. The predicted molar refractivity (Wildman–Crippen MR) is 97.8 cm³/mol. The topological polar surface area (TPSA) is 100 Å². The van der Waals surface area contributed by atoms with Crippen molar-refractivity contribution in [1.29, 1.82) is 0 Å². The summed E-state index contributed by atoms with van der Waals surface area (Å²) in [6.07, 6.45) is 0.884. The Hall–Kier alpha value is -1.91. The van der Waals surface area contributed by atoms with Crippen molar-refractivity contribution in [3.8, 4) is 0 Å². The van der Waals surface area contributed by atoms with Gasteiger partial charge < -0.3 is 4.52 Å². The molecule has 0 spiro atoms. The molecule has 0 bridgehead atoms. The lowest BCUT2D eigenvalue weighted by Gasteiger charge is -2.33. The Morgan fingerprint density at radius 2 is 1.96 bits per heavy atom. The van der Waals surface area contributed by atoms with Crippen LogP contribution >= 0.6 is 11.3 Å². The Kier molecular flexibility index (Phi) is 6.28. The summed E-state index contributed by atoms with van der Waals surface area (Å²) >= 11 is 1.45. The second-order valence-electron chi connectivity index (χ2n) is 6.93. The van der Waals surface area contributed by atoms with E-state index in [9.17, 15) is 4.79 Å². The molecule has 1 saturated heterocycles. The van der Waals surface area contributed by atoms with Crippen LogP contribution in [0.1, 0.15) is 30.6 Å². The largest absolute Gasteiger partial charge is 0.340 e. The lowest BCUT2D eigenvalue weighted by molar-refractivity contribution is -0.117. The number of hydrogen-bond acceptors (Lipinski definition) is 9. The monoisotopic (exact) mass is 379 g/mol. The highest BCUT2D eigenvalue weighted by Gasteiger charge is 2.21. The van der Waals surface area contributed by atoms with E-state index >= 15 is 0 Å². The van der Waals surface area contributed by atoms with Gasteiger partial charge in [0.25, 0.3) is 0 Å². The van der Waals surface area contributed by atoms with Crippen LogP contribution in [-0.4, -0.2) is 68.8 Å².